The van der Waals surface area contributed by atoms with Gasteiger partial charge in [-0.05, 0) is 53.8 Å². The minimum Gasteiger partial charge on any atom is -0.490 e. The van der Waals surface area contributed by atoms with E-state index in [1.165, 1.54) is 17.7 Å². The van der Waals surface area contributed by atoms with Crippen molar-refractivity contribution in [1.29, 1.82) is 0 Å². The molecule has 3 aromatic carbocycles. The van der Waals surface area contributed by atoms with Crippen molar-refractivity contribution in [1.82, 2.24) is 0 Å². The van der Waals surface area contributed by atoms with Crippen LogP contribution in [0.1, 0.15) is 29.5 Å². The van der Waals surface area contributed by atoms with Gasteiger partial charge in [0.15, 0.2) is 0 Å². The van der Waals surface area contributed by atoms with Crippen molar-refractivity contribution < 1.29 is 13.9 Å². The van der Waals surface area contributed by atoms with E-state index >= 15 is 0 Å². The van der Waals surface area contributed by atoms with E-state index in [1.807, 2.05) is 48.5 Å². The Morgan fingerprint density at radius 3 is 2.50 bits per heavy atom. The Bertz CT molecular complexity index is 1030. The van der Waals surface area contributed by atoms with Crippen LogP contribution >= 0.6 is 0 Å². The third-order valence-corrected chi connectivity index (χ3v) is 5.94. The molecule has 0 saturated heterocycles. The molecule has 1 aliphatic carbocycles. The normalized spacial score (nSPS) is 21.4. The molecule has 30 heavy (non-hydrogen) atoms. The van der Waals surface area contributed by atoms with Crippen LogP contribution in [0.25, 0.3) is 0 Å². The molecule has 4 heteroatoms. The zero-order valence-electron chi connectivity index (χ0n) is 16.6. The highest BCUT2D eigenvalue weighted by Gasteiger charge is 2.38. The molecule has 3 nitrogen and oxygen atoms in total. The summed E-state index contributed by atoms with van der Waals surface area (Å²) in [6, 6.07) is 22.9. The number of ether oxygens (including phenoxy) is 2. The first-order chi connectivity index (χ1) is 14.8. The van der Waals surface area contributed by atoms with Crippen molar-refractivity contribution in [2.45, 2.75) is 18.4 Å². The van der Waals surface area contributed by atoms with E-state index in [4.69, 9.17) is 9.47 Å². The number of benzene rings is 3. The van der Waals surface area contributed by atoms with Gasteiger partial charge in [0, 0.05) is 5.92 Å². The summed E-state index contributed by atoms with van der Waals surface area (Å²) in [4.78, 5) is 0. The fraction of sp³-hybridized carbons (Fsp3) is 0.231. The molecule has 1 N–H and O–H groups in total. The van der Waals surface area contributed by atoms with Gasteiger partial charge in [-0.25, -0.2) is 4.39 Å². The Morgan fingerprint density at radius 2 is 1.67 bits per heavy atom. The summed E-state index contributed by atoms with van der Waals surface area (Å²) in [5.74, 6) is 2.21. The van der Waals surface area contributed by atoms with Gasteiger partial charge in [0.05, 0.1) is 11.7 Å². The summed E-state index contributed by atoms with van der Waals surface area (Å²) in [6.07, 6.45) is 5.56. The Kier molecular flexibility index (Phi) is 5.14. The molecular weight excluding hydrogens is 377 g/mol. The number of fused-ring (bicyclic) bond motifs is 3. The fourth-order valence-electron chi connectivity index (χ4n) is 4.54. The van der Waals surface area contributed by atoms with Crippen LogP contribution in [-0.2, 0) is 0 Å². The lowest BCUT2D eigenvalue weighted by Crippen LogP contribution is -2.29. The van der Waals surface area contributed by atoms with Gasteiger partial charge in [0.2, 0.25) is 0 Å². The molecule has 0 radical (unpaired) electrons. The van der Waals surface area contributed by atoms with Crippen molar-refractivity contribution in [3.63, 3.8) is 0 Å². The largest absolute Gasteiger partial charge is 0.490 e. The number of hydrogen-bond acceptors (Lipinski definition) is 3. The van der Waals surface area contributed by atoms with Crippen molar-refractivity contribution in [2.24, 2.45) is 5.92 Å². The SMILES string of the molecule is Fc1ccc(C2Nc3c(OCCOc4ccccc4)cccc3C3C=CCC32)cc1. The number of para-hydroxylation sites is 2. The maximum Gasteiger partial charge on any atom is 0.142 e. The Hall–Kier alpha value is -3.27. The van der Waals surface area contributed by atoms with Crippen LogP contribution in [0.4, 0.5) is 10.1 Å². The van der Waals surface area contributed by atoms with Crippen molar-refractivity contribution in [3.05, 3.63) is 102 Å². The second-order valence-electron chi connectivity index (χ2n) is 7.76. The van der Waals surface area contributed by atoms with Gasteiger partial charge in [-0.15, -0.1) is 0 Å². The first-order valence-electron chi connectivity index (χ1n) is 10.4. The molecule has 1 heterocycles. The molecule has 0 amide bonds. The number of allylic oxidation sites excluding steroid dienone is 2. The minimum absolute atomic E-state index is 0.114. The summed E-state index contributed by atoms with van der Waals surface area (Å²) < 4.78 is 25.3. The molecule has 0 spiro atoms. The van der Waals surface area contributed by atoms with E-state index in [0.717, 1.165) is 29.2 Å². The second-order valence-corrected chi connectivity index (χ2v) is 7.76. The van der Waals surface area contributed by atoms with E-state index in [9.17, 15) is 4.39 Å². The van der Waals surface area contributed by atoms with Crippen LogP contribution in [0.5, 0.6) is 11.5 Å². The molecule has 0 bridgehead atoms. The lowest BCUT2D eigenvalue weighted by molar-refractivity contribution is 0.217. The van der Waals surface area contributed by atoms with Gasteiger partial charge in [-0.1, -0.05) is 54.6 Å². The summed E-state index contributed by atoms with van der Waals surface area (Å²) in [7, 11) is 0. The number of anilines is 1. The molecule has 0 fully saturated rings. The van der Waals surface area contributed by atoms with Gasteiger partial charge in [0.1, 0.15) is 30.5 Å². The summed E-state index contributed by atoms with van der Waals surface area (Å²) in [6.45, 7) is 0.930. The maximum absolute atomic E-state index is 13.5. The van der Waals surface area contributed by atoms with Crippen LogP contribution in [0, 0.1) is 11.7 Å². The molecule has 5 rings (SSSR count). The lowest BCUT2D eigenvalue weighted by Gasteiger charge is -2.38. The van der Waals surface area contributed by atoms with Gasteiger partial charge in [-0.3, -0.25) is 0 Å². The van der Waals surface area contributed by atoms with E-state index in [1.54, 1.807) is 0 Å². The van der Waals surface area contributed by atoms with Crippen molar-refractivity contribution in [3.8, 4) is 11.5 Å². The highest BCUT2D eigenvalue weighted by molar-refractivity contribution is 5.67. The average molecular weight is 401 g/mol. The molecule has 3 unspecified atom stereocenters. The van der Waals surface area contributed by atoms with Crippen LogP contribution in [-0.4, -0.2) is 13.2 Å². The number of rotatable bonds is 6. The molecule has 1 aliphatic heterocycles. The molecule has 2 aliphatic rings. The zero-order valence-corrected chi connectivity index (χ0v) is 16.6. The number of halogens is 1. The Labute approximate surface area is 176 Å². The highest BCUT2D eigenvalue weighted by Crippen LogP contribution is 2.52. The topological polar surface area (TPSA) is 30.5 Å². The van der Waals surface area contributed by atoms with E-state index in [2.05, 4.69) is 29.6 Å². The second kappa shape index (κ2) is 8.23. The van der Waals surface area contributed by atoms with Gasteiger partial charge in [-0.2, -0.15) is 0 Å². The first-order valence-corrected chi connectivity index (χ1v) is 10.4. The smallest absolute Gasteiger partial charge is 0.142 e. The Morgan fingerprint density at radius 1 is 0.867 bits per heavy atom. The van der Waals surface area contributed by atoms with E-state index < -0.39 is 0 Å². The molecule has 3 atom stereocenters. The predicted octanol–water partition coefficient (Wildman–Crippen LogP) is 6.11. The third kappa shape index (κ3) is 3.65. The average Bonchev–Trinajstić information content (AvgIpc) is 3.28. The molecule has 0 saturated carbocycles. The van der Waals surface area contributed by atoms with Crippen LogP contribution in [0.3, 0.4) is 0 Å². The monoisotopic (exact) mass is 401 g/mol. The zero-order chi connectivity index (χ0) is 20.3. The van der Waals surface area contributed by atoms with E-state index in [0.29, 0.717) is 25.0 Å². The number of hydrogen-bond donors (Lipinski definition) is 1. The predicted molar refractivity (Wildman–Crippen MR) is 117 cm³/mol. The fourth-order valence-corrected chi connectivity index (χ4v) is 4.54. The minimum atomic E-state index is -0.210. The van der Waals surface area contributed by atoms with E-state index in [-0.39, 0.29) is 11.9 Å². The summed E-state index contributed by atoms with van der Waals surface area (Å²) >= 11 is 0. The molecular formula is C26H24FNO2. The Balaban J connectivity index is 1.35. The molecule has 152 valence electrons. The number of nitrogens with one attached hydrogen (secondary N) is 1. The van der Waals surface area contributed by atoms with Crippen LogP contribution < -0.4 is 14.8 Å². The van der Waals surface area contributed by atoms with Crippen LogP contribution in [0.2, 0.25) is 0 Å². The lowest BCUT2D eigenvalue weighted by atomic mass is 9.77. The quantitative estimate of drug-likeness (QED) is 0.399. The summed E-state index contributed by atoms with van der Waals surface area (Å²) in [5.41, 5.74) is 3.39. The van der Waals surface area contributed by atoms with Crippen molar-refractivity contribution in [2.75, 3.05) is 18.5 Å². The van der Waals surface area contributed by atoms with Gasteiger partial charge >= 0.3 is 0 Å². The molecule has 0 aromatic heterocycles. The molecule has 3 aromatic rings. The highest BCUT2D eigenvalue weighted by atomic mass is 19.1. The van der Waals surface area contributed by atoms with Gasteiger partial charge in [0.25, 0.3) is 0 Å². The standard InChI is InChI=1S/C26H24FNO2/c27-19-14-12-18(13-15-19)25-22-9-4-8-21(22)23-10-5-11-24(26(23)28-25)30-17-16-29-20-6-2-1-3-7-20/h1-8,10-15,21-22,25,28H,9,16-17H2. The van der Waals surface area contributed by atoms with Crippen LogP contribution in [0.15, 0.2) is 84.9 Å². The maximum atomic E-state index is 13.5. The summed E-state index contributed by atoms with van der Waals surface area (Å²) in [5, 5.41) is 3.70. The first kappa shape index (κ1) is 18.7. The van der Waals surface area contributed by atoms with Gasteiger partial charge < -0.3 is 14.8 Å². The third-order valence-electron chi connectivity index (χ3n) is 5.94. The van der Waals surface area contributed by atoms with Crippen molar-refractivity contribution >= 4 is 5.69 Å².